The van der Waals surface area contributed by atoms with E-state index in [1.54, 1.807) is 0 Å². The SMILES string of the molecule is CCCCCCN1C(=O)C(I)=C(I)C1=O. The summed E-state index contributed by atoms with van der Waals surface area (Å²) in [5, 5.41) is 0. The molecule has 0 spiro atoms. The lowest BCUT2D eigenvalue weighted by atomic mass is 10.2. The fourth-order valence-electron chi connectivity index (χ4n) is 1.42. The van der Waals surface area contributed by atoms with Crippen LogP contribution in [0.4, 0.5) is 0 Å². The first kappa shape index (κ1) is 13.4. The summed E-state index contributed by atoms with van der Waals surface area (Å²) >= 11 is 3.89. The van der Waals surface area contributed by atoms with Crippen LogP contribution < -0.4 is 0 Å². The van der Waals surface area contributed by atoms with Gasteiger partial charge in [-0.1, -0.05) is 26.2 Å². The second-order valence-electron chi connectivity index (χ2n) is 3.45. The quantitative estimate of drug-likeness (QED) is 0.380. The van der Waals surface area contributed by atoms with Gasteiger partial charge in [-0.2, -0.15) is 0 Å². The molecule has 0 aromatic rings. The van der Waals surface area contributed by atoms with Crippen molar-refractivity contribution in [3.05, 3.63) is 7.16 Å². The summed E-state index contributed by atoms with van der Waals surface area (Å²) in [6.45, 7) is 2.70. The molecular formula is C10H13I2NO2. The van der Waals surface area contributed by atoms with Gasteiger partial charge in [-0.15, -0.1) is 0 Å². The summed E-state index contributed by atoms with van der Waals surface area (Å²) in [7, 11) is 0. The van der Waals surface area contributed by atoms with Crippen LogP contribution in [0, 0.1) is 0 Å². The highest BCUT2D eigenvalue weighted by atomic mass is 127. The largest absolute Gasteiger partial charge is 0.274 e. The van der Waals surface area contributed by atoms with E-state index in [1.165, 1.54) is 4.90 Å². The molecular weight excluding hydrogens is 420 g/mol. The molecule has 5 heteroatoms. The average molecular weight is 433 g/mol. The van der Waals surface area contributed by atoms with Crippen molar-refractivity contribution in [2.24, 2.45) is 0 Å². The van der Waals surface area contributed by atoms with Crippen molar-refractivity contribution in [3.63, 3.8) is 0 Å². The van der Waals surface area contributed by atoms with Gasteiger partial charge in [0.25, 0.3) is 11.8 Å². The van der Waals surface area contributed by atoms with E-state index in [1.807, 2.05) is 45.2 Å². The minimum absolute atomic E-state index is 0.124. The van der Waals surface area contributed by atoms with Crippen molar-refractivity contribution in [2.45, 2.75) is 32.6 Å². The number of amides is 2. The molecule has 1 heterocycles. The molecule has 0 aromatic carbocycles. The van der Waals surface area contributed by atoms with Crippen LogP contribution in [-0.4, -0.2) is 23.3 Å². The van der Waals surface area contributed by atoms with Crippen molar-refractivity contribution in [1.82, 2.24) is 4.90 Å². The van der Waals surface area contributed by atoms with Gasteiger partial charge < -0.3 is 0 Å². The number of carbonyl (C=O) groups excluding carboxylic acids is 2. The van der Waals surface area contributed by atoms with Crippen LogP contribution in [0.15, 0.2) is 7.16 Å². The summed E-state index contributed by atoms with van der Waals surface area (Å²) in [5.41, 5.74) is 0. The van der Waals surface area contributed by atoms with Gasteiger partial charge in [-0.3, -0.25) is 14.5 Å². The molecule has 15 heavy (non-hydrogen) atoms. The van der Waals surface area contributed by atoms with E-state index in [4.69, 9.17) is 0 Å². The zero-order valence-electron chi connectivity index (χ0n) is 8.56. The third-order valence-electron chi connectivity index (χ3n) is 2.29. The number of carbonyl (C=O) groups is 2. The molecule has 0 aliphatic carbocycles. The van der Waals surface area contributed by atoms with E-state index in [9.17, 15) is 9.59 Å². The maximum atomic E-state index is 11.6. The van der Waals surface area contributed by atoms with Gasteiger partial charge in [0.1, 0.15) is 0 Å². The zero-order chi connectivity index (χ0) is 11.4. The smallest absolute Gasteiger partial charge is 0.268 e. The predicted octanol–water partition coefficient (Wildman–Crippen LogP) is 3.02. The molecule has 0 unspecified atom stereocenters. The number of hydrogen-bond acceptors (Lipinski definition) is 2. The summed E-state index contributed by atoms with van der Waals surface area (Å²) in [6, 6.07) is 0. The molecule has 0 N–H and O–H groups in total. The Hall–Kier alpha value is 0.340. The highest BCUT2D eigenvalue weighted by Crippen LogP contribution is 2.30. The average Bonchev–Trinajstić information content (AvgIpc) is 2.41. The Morgan fingerprint density at radius 1 is 1.00 bits per heavy atom. The lowest BCUT2D eigenvalue weighted by Crippen LogP contribution is -2.31. The molecule has 1 aliphatic heterocycles. The van der Waals surface area contributed by atoms with Gasteiger partial charge in [-0.05, 0) is 51.6 Å². The summed E-state index contributed by atoms with van der Waals surface area (Å²) in [4.78, 5) is 24.6. The molecule has 1 rings (SSSR count). The van der Waals surface area contributed by atoms with Crippen molar-refractivity contribution < 1.29 is 9.59 Å². The van der Waals surface area contributed by atoms with Gasteiger partial charge in [0.2, 0.25) is 0 Å². The summed E-state index contributed by atoms with van der Waals surface area (Å²) < 4.78 is 1.13. The molecule has 0 aromatic heterocycles. The molecule has 2 amide bonds. The molecule has 1 aliphatic rings. The van der Waals surface area contributed by atoms with Crippen molar-refractivity contribution in [1.29, 1.82) is 0 Å². The van der Waals surface area contributed by atoms with E-state index in [-0.39, 0.29) is 11.8 Å². The van der Waals surface area contributed by atoms with Crippen LogP contribution in [0.25, 0.3) is 0 Å². The van der Waals surface area contributed by atoms with Crippen LogP contribution in [-0.2, 0) is 9.59 Å². The molecule has 0 saturated heterocycles. The fraction of sp³-hybridized carbons (Fsp3) is 0.600. The highest BCUT2D eigenvalue weighted by Gasteiger charge is 2.34. The van der Waals surface area contributed by atoms with E-state index < -0.39 is 0 Å². The monoisotopic (exact) mass is 433 g/mol. The molecule has 0 radical (unpaired) electrons. The fourth-order valence-corrected chi connectivity index (χ4v) is 2.46. The maximum absolute atomic E-state index is 11.6. The van der Waals surface area contributed by atoms with Gasteiger partial charge in [0.05, 0.1) is 7.16 Å². The van der Waals surface area contributed by atoms with E-state index >= 15 is 0 Å². The Bertz CT molecular complexity index is 289. The van der Waals surface area contributed by atoms with Gasteiger partial charge in [0.15, 0.2) is 0 Å². The molecule has 0 bridgehead atoms. The lowest BCUT2D eigenvalue weighted by Gasteiger charge is -2.13. The van der Waals surface area contributed by atoms with Crippen molar-refractivity contribution in [3.8, 4) is 0 Å². The molecule has 84 valence electrons. The predicted molar refractivity (Wildman–Crippen MR) is 75.9 cm³/mol. The minimum Gasteiger partial charge on any atom is -0.274 e. The second kappa shape index (κ2) is 6.17. The van der Waals surface area contributed by atoms with Crippen LogP contribution in [0.5, 0.6) is 0 Å². The lowest BCUT2D eigenvalue weighted by molar-refractivity contribution is -0.136. The Morgan fingerprint density at radius 2 is 1.53 bits per heavy atom. The first-order valence-corrected chi connectivity index (χ1v) is 7.16. The minimum atomic E-state index is -0.124. The molecule has 0 saturated carbocycles. The normalized spacial score (nSPS) is 16.9. The first-order valence-electron chi connectivity index (χ1n) is 5.01. The number of hydrogen-bond donors (Lipinski definition) is 0. The van der Waals surface area contributed by atoms with Crippen LogP contribution in [0.3, 0.4) is 0 Å². The van der Waals surface area contributed by atoms with Gasteiger partial charge >= 0.3 is 0 Å². The number of halogens is 2. The number of rotatable bonds is 5. The standard InChI is InChI=1S/C10H13I2NO2/c1-2-3-4-5-6-13-9(14)7(11)8(12)10(13)15/h2-6H2,1H3. The maximum Gasteiger partial charge on any atom is 0.268 e. The topological polar surface area (TPSA) is 37.4 Å². The van der Waals surface area contributed by atoms with E-state index in [0.717, 1.165) is 25.7 Å². The molecule has 3 nitrogen and oxygen atoms in total. The van der Waals surface area contributed by atoms with Crippen LogP contribution in [0.1, 0.15) is 32.6 Å². The Labute approximate surface area is 117 Å². The Morgan fingerprint density at radius 3 is 2.00 bits per heavy atom. The molecule has 0 fully saturated rings. The van der Waals surface area contributed by atoms with E-state index in [0.29, 0.717) is 13.7 Å². The number of nitrogens with zero attached hydrogens (tertiary/aromatic N) is 1. The summed E-state index contributed by atoms with van der Waals surface area (Å²) in [6.07, 6.45) is 4.33. The Kier molecular flexibility index (Phi) is 5.51. The second-order valence-corrected chi connectivity index (χ2v) is 5.61. The van der Waals surface area contributed by atoms with Gasteiger partial charge in [-0.25, -0.2) is 0 Å². The number of imide groups is 1. The number of unbranched alkanes of at least 4 members (excludes halogenated alkanes) is 3. The third kappa shape index (κ3) is 3.15. The van der Waals surface area contributed by atoms with Crippen molar-refractivity contribution >= 4 is 57.0 Å². The highest BCUT2D eigenvalue weighted by molar-refractivity contribution is 14.1. The van der Waals surface area contributed by atoms with Gasteiger partial charge in [0, 0.05) is 6.54 Å². The Balaban J connectivity index is 2.46. The van der Waals surface area contributed by atoms with E-state index in [2.05, 4.69) is 6.92 Å². The zero-order valence-corrected chi connectivity index (χ0v) is 12.9. The first-order chi connectivity index (χ1) is 7.09. The van der Waals surface area contributed by atoms with Crippen LogP contribution >= 0.6 is 45.2 Å². The molecule has 0 atom stereocenters. The van der Waals surface area contributed by atoms with Crippen molar-refractivity contribution in [2.75, 3.05) is 6.54 Å². The summed E-state index contributed by atoms with van der Waals surface area (Å²) in [5.74, 6) is -0.247. The van der Waals surface area contributed by atoms with Crippen LogP contribution in [0.2, 0.25) is 0 Å². The third-order valence-corrected chi connectivity index (χ3v) is 5.33.